The SMILES string of the molecule is O=C(O)CCNC(=O)N(Cc1ccccc1)CC1CCC1. The second-order valence-electron chi connectivity index (χ2n) is 5.54. The van der Waals surface area contributed by atoms with Crippen LogP contribution in [-0.2, 0) is 11.3 Å². The Kier molecular flexibility index (Phi) is 5.60. The molecule has 0 heterocycles. The molecule has 5 nitrogen and oxygen atoms in total. The lowest BCUT2D eigenvalue weighted by Crippen LogP contribution is -2.43. The summed E-state index contributed by atoms with van der Waals surface area (Å²) >= 11 is 0. The van der Waals surface area contributed by atoms with Crippen LogP contribution >= 0.6 is 0 Å². The molecule has 0 atom stereocenters. The average molecular weight is 290 g/mol. The van der Waals surface area contributed by atoms with Crippen molar-refractivity contribution in [1.29, 1.82) is 0 Å². The van der Waals surface area contributed by atoms with E-state index >= 15 is 0 Å². The highest BCUT2D eigenvalue weighted by Gasteiger charge is 2.23. The van der Waals surface area contributed by atoms with E-state index in [-0.39, 0.29) is 19.0 Å². The van der Waals surface area contributed by atoms with Crippen molar-refractivity contribution in [1.82, 2.24) is 10.2 Å². The number of carboxylic acids is 1. The molecule has 0 aliphatic heterocycles. The van der Waals surface area contributed by atoms with Crippen molar-refractivity contribution in [3.05, 3.63) is 35.9 Å². The number of carbonyl (C=O) groups excluding carboxylic acids is 1. The summed E-state index contributed by atoms with van der Waals surface area (Å²) in [4.78, 5) is 24.5. The largest absolute Gasteiger partial charge is 0.481 e. The molecule has 1 aromatic carbocycles. The number of hydrogen-bond acceptors (Lipinski definition) is 2. The summed E-state index contributed by atoms with van der Waals surface area (Å²) in [6.07, 6.45) is 3.54. The van der Waals surface area contributed by atoms with E-state index in [9.17, 15) is 9.59 Å². The van der Waals surface area contributed by atoms with Crippen LogP contribution in [-0.4, -0.2) is 35.1 Å². The molecule has 5 heteroatoms. The van der Waals surface area contributed by atoms with Gasteiger partial charge < -0.3 is 15.3 Å². The predicted molar refractivity (Wildman–Crippen MR) is 79.8 cm³/mol. The number of urea groups is 1. The quantitative estimate of drug-likeness (QED) is 0.810. The summed E-state index contributed by atoms with van der Waals surface area (Å²) in [5.74, 6) is -0.317. The van der Waals surface area contributed by atoms with Gasteiger partial charge in [-0.2, -0.15) is 0 Å². The Morgan fingerprint density at radius 2 is 1.95 bits per heavy atom. The average Bonchev–Trinajstić information content (AvgIpc) is 2.42. The van der Waals surface area contributed by atoms with E-state index in [4.69, 9.17) is 5.11 Å². The standard InChI is InChI=1S/C16H22N2O3/c19-15(20)9-10-17-16(21)18(12-14-7-4-8-14)11-13-5-2-1-3-6-13/h1-3,5-6,14H,4,7-12H2,(H,17,21)(H,19,20). The zero-order valence-electron chi connectivity index (χ0n) is 12.1. The van der Waals surface area contributed by atoms with E-state index in [1.54, 1.807) is 4.90 Å². The van der Waals surface area contributed by atoms with Crippen LogP contribution in [0.2, 0.25) is 0 Å². The minimum absolute atomic E-state index is 0.0473. The molecule has 0 aromatic heterocycles. The first-order chi connectivity index (χ1) is 10.1. The number of nitrogens with zero attached hydrogens (tertiary/aromatic N) is 1. The molecular formula is C16H22N2O3. The molecule has 0 saturated heterocycles. The fourth-order valence-corrected chi connectivity index (χ4v) is 2.40. The molecule has 21 heavy (non-hydrogen) atoms. The lowest BCUT2D eigenvalue weighted by molar-refractivity contribution is -0.136. The molecule has 1 aromatic rings. The van der Waals surface area contributed by atoms with Crippen molar-refractivity contribution in [2.75, 3.05) is 13.1 Å². The molecular weight excluding hydrogens is 268 g/mol. The van der Waals surface area contributed by atoms with E-state index in [1.165, 1.54) is 19.3 Å². The molecule has 2 N–H and O–H groups in total. The normalized spacial score (nSPS) is 14.3. The summed E-state index contributed by atoms with van der Waals surface area (Å²) < 4.78 is 0. The van der Waals surface area contributed by atoms with Gasteiger partial charge in [0.15, 0.2) is 0 Å². The molecule has 2 amide bonds. The maximum absolute atomic E-state index is 12.2. The van der Waals surface area contributed by atoms with Crippen LogP contribution in [0.5, 0.6) is 0 Å². The van der Waals surface area contributed by atoms with Crippen LogP contribution < -0.4 is 5.32 Å². The first-order valence-corrected chi connectivity index (χ1v) is 7.43. The summed E-state index contributed by atoms with van der Waals surface area (Å²) in [5, 5.41) is 11.3. The van der Waals surface area contributed by atoms with E-state index in [2.05, 4.69) is 5.32 Å². The van der Waals surface area contributed by atoms with Crippen molar-refractivity contribution in [2.24, 2.45) is 5.92 Å². The number of benzene rings is 1. The van der Waals surface area contributed by atoms with Gasteiger partial charge in [-0.3, -0.25) is 4.79 Å². The highest BCUT2D eigenvalue weighted by molar-refractivity contribution is 5.75. The van der Waals surface area contributed by atoms with Crippen molar-refractivity contribution in [2.45, 2.75) is 32.2 Å². The molecule has 2 rings (SSSR count). The van der Waals surface area contributed by atoms with Gasteiger partial charge in [0.25, 0.3) is 0 Å². The van der Waals surface area contributed by atoms with Gasteiger partial charge in [-0.1, -0.05) is 36.8 Å². The minimum atomic E-state index is -0.899. The third-order valence-electron chi connectivity index (χ3n) is 3.82. The Hall–Kier alpha value is -2.04. The Balaban J connectivity index is 1.90. The first-order valence-electron chi connectivity index (χ1n) is 7.43. The zero-order valence-corrected chi connectivity index (χ0v) is 12.1. The van der Waals surface area contributed by atoms with Gasteiger partial charge in [0.2, 0.25) is 0 Å². The molecule has 0 unspecified atom stereocenters. The third kappa shape index (κ3) is 5.10. The van der Waals surface area contributed by atoms with Gasteiger partial charge in [0.05, 0.1) is 6.42 Å². The monoisotopic (exact) mass is 290 g/mol. The lowest BCUT2D eigenvalue weighted by atomic mass is 9.85. The lowest BCUT2D eigenvalue weighted by Gasteiger charge is -2.32. The molecule has 1 saturated carbocycles. The van der Waals surface area contributed by atoms with Crippen molar-refractivity contribution in [3.8, 4) is 0 Å². The van der Waals surface area contributed by atoms with Crippen molar-refractivity contribution >= 4 is 12.0 Å². The molecule has 1 fully saturated rings. The van der Waals surface area contributed by atoms with Crippen molar-refractivity contribution in [3.63, 3.8) is 0 Å². The second-order valence-corrected chi connectivity index (χ2v) is 5.54. The topological polar surface area (TPSA) is 69.6 Å². The number of hydrogen-bond donors (Lipinski definition) is 2. The van der Waals surface area contributed by atoms with Gasteiger partial charge in [0.1, 0.15) is 0 Å². The number of carbonyl (C=O) groups is 2. The van der Waals surface area contributed by atoms with E-state index in [1.807, 2.05) is 30.3 Å². The maximum Gasteiger partial charge on any atom is 0.317 e. The summed E-state index contributed by atoms with van der Waals surface area (Å²) in [6.45, 7) is 1.48. The summed E-state index contributed by atoms with van der Waals surface area (Å²) in [6, 6.07) is 9.69. The van der Waals surface area contributed by atoms with Gasteiger partial charge in [-0.15, -0.1) is 0 Å². The fraction of sp³-hybridized carbons (Fsp3) is 0.500. The van der Waals surface area contributed by atoms with Crippen molar-refractivity contribution < 1.29 is 14.7 Å². The Bertz CT molecular complexity index is 472. The maximum atomic E-state index is 12.2. The van der Waals surface area contributed by atoms with Crippen LogP contribution in [0.3, 0.4) is 0 Å². The van der Waals surface area contributed by atoms with Gasteiger partial charge in [0, 0.05) is 19.6 Å². The summed E-state index contributed by atoms with van der Waals surface area (Å²) in [5.41, 5.74) is 1.09. The first kappa shape index (κ1) is 15.4. The highest BCUT2D eigenvalue weighted by atomic mass is 16.4. The van der Waals surface area contributed by atoms with Crippen LogP contribution in [0, 0.1) is 5.92 Å². The molecule has 1 aliphatic carbocycles. The number of aliphatic carboxylic acids is 1. The molecule has 114 valence electrons. The number of carboxylic acid groups (broad SMARTS) is 1. The van der Waals surface area contributed by atoms with Gasteiger partial charge in [-0.05, 0) is 24.3 Å². The van der Waals surface area contributed by atoms with Gasteiger partial charge >= 0.3 is 12.0 Å². The minimum Gasteiger partial charge on any atom is -0.481 e. The summed E-state index contributed by atoms with van der Waals surface area (Å²) in [7, 11) is 0. The predicted octanol–water partition coefficient (Wildman–Crippen LogP) is 2.47. The van der Waals surface area contributed by atoms with E-state index in [0.717, 1.165) is 12.1 Å². The van der Waals surface area contributed by atoms with E-state index < -0.39 is 5.97 Å². The Labute approximate surface area is 125 Å². The second kappa shape index (κ2) is 7.67. The smallest absolute Gasteiger partial charge is 0.317 e. The third-order valence-corrected chi connectivity index (χ3v) is 3.82. The molecule has 0 spiro atoms. The highest BCUT2D eigenvalue weighted by Crippen LogP contribution is 2.27. The number of amides is 2. The molecule has 1 aliphatic rings. The van der Waals surface area contributed by atoms with Crippen LogP contribution in [0.4, 0.5) is 4.79 Å². The fourth-order valence-electron chi connectivity index (χ4n) is 2.40. The number of nitrogens with one attached hydrogen (secondary N) is 1. The molecule has 0 bridgehead atoms. The van der Waals surface area contributed by atoms with Crippen LogP contribution in [0.25, 0.3) is 0 Å². The Morgan fingerprint density at radius 1 is 1.24 bits per heavy atom. The van der Waals surface area contributed by atoms with E-state index in [0.29, 0.717) is 12.5 Å². The molecule has 0 radical (unpaired) electrons. The van der Waals surface area contributed by atoms with Crippen LogP contribution in [0.15, 0.2) is 30.3 Å². The number of rotatable bonds is 7. The Morgan fingerprint density at radius 3 is 2.52 bits per heavy atom. The zero-order chi connectivity index (χ0) is 15.1. The van der Waals surface area contributed by atoms with Gasteiger partial charge in [-0.25, -0.2) is 4.79 Å². The van der Waals surface area contributed by atoms with Crippen LogP contribution in [0.1, 0.15) is 31.2 Å².